The summed E-state index contributed by atoms with van der Waals surface area (Å²) in [6, 6.07) is 0. The minimum absolute atomic E-state index is 0.0655. The average Bonchev–Trinajstić information content (AvgIpc) is 3.57. The van der Waals surface area contributed by atoms with Crippen molar-refractivity contribution < 1.29 is 135 Å². The summed E-state index contributed by atoms with van der Waals surface area (Å²) in [7, 11) is 0. The number of esters is 1. The molecule has 27 nitrogen and oxygen atoms in total. The zero-order valence-electron chi connectivity index (χ0n) is 43.4. The van der Waals surface area contributed by atoms with E-state index in [0.717, 1.165) is 5.57 Å². The molecule has 446 valence electrons. The van der Waals surface area contributed by atoms with Crippen LogP contribution in [0.5, 0.6) is 0 Å². The minimum atomic E-state index is -2.03. The molecule has 0 aromatic rings. The molecule has 7 fully saturated rings. The second kappa shape index (κ2) is 25.4. The molecule has 7 aliphatic rings. The number of aliphatic hydroxyl groups excluding tert-OH is 18. The van der Waals surface area contributed by atoms with Gasteiger partial charge in [0.25, 0.3) is 0 Å². The van der Waals surface area contributed by atoms with Gasteiger partial charge >= 0.3 is 5.97 Å². The number of rotatable bonds is 18. The third kappa shape index (κ3) is 12.2. The Balaban J connectivity index is 1.12. The highest BCUT2D eigenvalue weighted by atomic mass is 16.8. The van der Waals surface area contributed by atoms with Gasteiger partial charge in [0.15, 0.2) is 25.0 Å². The number of fused-ring (bicyclic) bond motifs is 3. The molecule has 3 aliphatic carbocycles. The molecule has 3 saturated carbocycles. The molecule has 30 atom stereocenters. The molecule has 77 heavy (non-hydrogen) atoms. The fraction of sp³-hybridized carbons (Fsp3) is 0.940. The zero-order chi connectivity index (χ0) is 56.8. The Hall–Kier alpha value is -1.79. The average molecular weight is 1120 g/mol. The zero-order valence-corrected chi connectivity index (χ0v) is 43.4. The van der Waals surface area contributed by atoms with Gasteiger partial charge in [0, 0.05) is 0 Å². The predicted octanol–water partition coefficient (Wildman–Crippen LogP) is -6.79. The van der Waals surface area contributed by atoms with Crippen LogP contribution in [-0.2, 0) is 42.7 Å². The van der Waals surface area contributed by atoms with Crippen molar-refractivity contribution in [2.75, 3.05) is 33.0 Å². The van der Waals surface area contributed by atoms with Crippen molar-refractivity contribution in [3.63, 3.8) is 0 Å². The molecular formula is C50H84O27. The molecule has 18 N–H and O–H groups in total. The molecule has 4 aliphatic heterocycles. The van der Waals surface area contributed by atoms with Crippen LogP contribution in [0.15, 0.2) is 12.2 Å². The monoisotopic (exact) mass is 1120 g/mol. The number of carbonyl (C=O) groups is 1. The second-order valence-corrected chi connectivity index (χ2v) is 23.2. The van der Waals surface area contributed by atoms with Crippen molar-refractivity contribution in [3.05, 3.63) is 12.2 Å². The van der Waals surface area contributed by atoms with E-state index < -0.39 is 208 Å². The Kier molecular flexibility index (Phi) is 20.7. The largest absolute Gasteiger partial charge is 0.432 e. The maximum absolute atomic E-state index is 15.1. The van der Waals surface area contributed by atoms with Crippen molar-refractivity contribution in [1.82, 2.24) is 0 Å². The molecule has 0 spiro atoms. The smallest absolute Gasteiger partial charge is 0.314 e. The van der Waals surface area contributed by atoms with Crippen LogP contribution in [0.4, 0.5) is 0 Å². The maximum Gasteiger partial charge on any atom is 0.314 e. The van der Waals surface area contributed by atoms with E-state index in [1.807, 2.05) is 0 Å². The Bertz CT molecular complexity index is 1940. The van der Waals surface area contributed by atoms with Crippen LogP contribution in [0.1, 0.15) is 78.6 Å². The molecule has 0 aromatic carbocycles. The molecule has 4 saturated heterocycles. The van der Waals surface area contributed by atoms with Crippen molar-refractivity contribution in [1.29, 1.82) is 0 Å². The van der Waals surface area contributed by atoms with Gasteiger partial charge in [-0.25, -0.2) is 0 Å². The lowest BCUT2D eigenvalue weighted by Gasteiger charge is -2.62. The fourth-order valence-corrected chi connectivity index (χ4v) is 13.9. The summed E-state index contributed by atoms with van der Waals surface area (Å²) in [5.74, 6) is -1.66. The predicted molar refractivity (Wildman–Crippen MR) is 254 cm³/mol. The Labute approximate surface area is 444 Å². The fourth-order valence-electron chi connectivity index (χ4n) is 13.9. The first-order valence-electron chi connectivity index (χ1n) is 26.6. The summed E-state index contributed by atoms with van der Waals surface area (Å²) in [5.41, 5.74) is -1.46. The van der Waals surface area contributed by atoms with Gasteiger partial charge in [0.2, 0.25) is 6.29 Å². The van der Waals surface area contributed by atoms with Crippen LogP contribution in [0.25, 0.3) is 0 Å². The molecule has 0 aromatic heterocycles. The van der Waals surface area contributed by atoms with Gasteiger partial charge < -0.3 is 130 Å². The van der Waals surface area contributed by atoms with Crippen LogP contribution in [0.3, 0.4) is 0 Å². The van der Waals surface area contributed by atoms with E-state index in [-0.39, 0.29) is 18.3 Å². The summed E-state index contributed by atoms with van der Waals surface area (Å²) in [6.45, 7) is 6.18. The lowest BCUT2D eigenvalue weighted by Crippen LogP contribution is -2.67. The standard InChI is InChI=1S/C50H84O27/c1-19-13-48(2)11-8-28-49(3,27(48)7-6-20(19)12-22(30(58)29(57)21(56)14-51)70-43-39(67)35(63)31(59)23(15-52)71-43)9-5-10-50(28,4)47(69)77-46-42(38(66)34(62)26(18-55)74-46)76-45-41(37(65)33(61)25(17-54)73-45)75-44-40(68)36(64)32(60)24(16-53)72-44/h20-46,51-68H,1,5-18H2,2-4H3/t20-,21?,22?,23?,24?,25?,26?,27-,28+,29?,30?,31?,32?,33?,34?,35?,36?,37?,38?,39?,40?,41?,42?,43?,44?,45?,46?,48-,49+,50-/m1/s1. The van der Waals surface area contributed by atoms with Gasteiger partial charge in [-0.05, 0) is 86.9 Å². The quantitative estimate of drug-likeness (QED) is 0.0448. The normalized spacial score (nSPS) is 49.4. The molecule has 27 heteroatoms. The Morgan fingerprint density at radius 3 is 1.60 bits per heavy atom. The van der Waals surface area contributed by atoms with Gasteiger partial charge in [-0.2, -0.15) is 0 Å². The molecule has 0 radical (unpaired) electrons. The van der Waals surface area contributed by atoms with Crippen molar-refractivity contribution in [2.45, 2.75) is 226 Å². The Morgan fingerprint density at radius 1 is 0.571 bits per heavy atom. The van der Waals surface area contributed by atoms with Crippen molar-refractivity contribution in [2.24, 2.45) is 34.0 Å². The molecule has 0 bridgehead atoms. The topological polar surface area (TPSA) is 455 Å². The highest BCUT2D eigenvalue weighted by Gasteiger charge is 2.64. The van der Waals surface area contributed by atoms with E-state index in [2.05, 4.69) is 20.4 Å². The molecule has 0 amide bonds. The molecular weight excluding hydrogens is 1030 g/mol. The summed E-state index contributed by atoms with van der Waals surface area (Å²) < 4.78 is 46.8. The van der Waals surface area contributed by atoms with Crippen LogP contribution < -0.4 is 0 Å². The third-order valence-electron chi connectivity index (χ3n) is 18.4. The molecule has 4 heterocycles. The maximum atomic E-state index is 15.1. The lowest BCUT2D eigenvalue weighted by atomic mass is 9.42. The molecule has 7 rings (SSSR count). The van der Waals surface area contributed by atoms with Gasteiger partial charge in [0.05, 0.1) is 44.6 Å². The van der Waals surface area contributed by atoms with Gasteiger partial charge in [-0.15, -0.1) is 0 Å². The highest BCUT2D eigenvalue weighted by Crippen LogP contribution is 2.68. The first-order valence-corrected chi connectivity index (χ1v) is 26.6. The van der Waals surface area contributed by atoms with Crippen LogP contribution in [-0.4, -0.2) is 278 Å². The number of carbonyl (C=O) groups excluding carboxylic acids is 1. The van der Waals surface area contributed by atoms with Crippen LogP contribution in [0, 0.1) is 34.0 Å². The van der Waals surface area contributed by atoms with E-state index in [9.17, 15) is 91.9 Å². The summed E-state index contributed by atoms with van der Waals surface area (Å²) in [5, 5.41) is 190. The van der Waals surface area contributed by atoms with E-state index in [1.54, 1.807) is 6.92 Å². The summed E-state index contributed by atoms with van der Waals surface area (Å²) in [4.78, 5) is 15.1. The summed E-state index contributed by atoms with van der Waals surface area (Å²) >= 11 is 0. The van der Waals surface area contributed by atoms with Crippen molar-refractivity contribution >= 4 is 5.97 Å². The number of aliphatic hydroxyl groups is 18. The van der Waals surface area contributed by atoms with Gasteiger partial charge in [-0.1, -0.05) is 32.4 Å². The lowest BCUT2D eigenvalue weighted by molar-refractivity contribution is -0.391. The number of allylic oxidation sites excluding steroid dienone is 1. The van der Waals surface area contributed by atoms with E-state index in [1.165, 1.54) is 0 Å². The highest BCUT2D eigenvalue weighted by molar-refractivity contribution is 5.77. The first kappa shape index (κ1) is 62.8. The van der Waals surface area contributed by atoms with Crippen LogP contribution >= 0.6 is 0 Å². The molecule has 24 unspecified atom stereocenters. The number of hydrogen-bond acceptors (Lipinski definition) is 27. The van der Waals surface area contributed by atoms with E-state index in [0.29, 0.717) is 51.4 Å². The third-order valence-corrected chi connectivity index (χ3v) is 18.4. The summed E-state index contributed by atoms with van der Waals surface area (Å²) in [6.07, 6.45) is -39.3. The minimum Gasteiger partial charge on any atom is -0.432 e. The van der Waals surface area contributed by atoms with Crippen molar-refractivity contribution in [3.8, 4) is 0 Å². The van der Waals surface area contributed by atoms with Gasteiger partial charge in [0.1, 0.15) is 110 Å². The van der Waals surface area contributed by atoms with E-state index >= 15 is 4.79 Å². The number of hydrogen-bond donors (Lipinski definition) is 18. The van der Waals surface area contributed by atoms with E-state index in [4.69, 9.17) is 37.9 Å². The second-order valence-electron chi connectivity index (χ2n) is 23.2. The SMILES string of the molecule is C=C1C[C@@]2(C)CC[C@H]3[C@@](C)(CCC[C@@]3(C)C(=O)OC3OC(CO)C(O)C(O)C3OC3OC(CO)C(O)C(O)C3OC3OC(CO)C(O)C(O)C3O)[C@@H]2CC[C@@H]1CC(OC1OC(CO)C(O)C(O)C1O)C(O)C(O)C(O)CO. The Morgan fingerprint density at radius 2 is 1.05 bits per heavy atom. The van der Waals surface area contributed by atoms with Gasteiger partial charge in [-0.3, -0.25) is 4.79 Å². The van der Waals surface area contributed by atoms with Crippen LogP contribution in [0.2, 0.25) is 0 Å². The number of ether oxygens (including phenoxy) is 8. The first-order chi connectivity index (χ1) is 36.2.